The van der Waals surface area contributed by atoms with Gasteiger partial charge in [-0.2, -0.15) is 17.9 Å². The number of nitrogens with one attached hydrogen (secondary N) is 1. The molecule has 5 nitrogen and oxygen atoms in total. The summed E-state index contributed by atoms with van der Waals surface area (Å²) in [5, 5.41) is 0. The lowest BCUT2D eigenvalue weighted by atomic mass is 10.1. The van der Waals surface area contributed by atoms with E-state index in [9.17, 15) is 26.4 Å². The number of carbonyl (C=O) groups is 1. The summed E-state index contributed by atoms with van der Waals surface area (Å²) in [6, 6.07) is 3.47. The summed E-state index contributed by atoms with van der Waals surface area (Å²) in [5.41, 5.74) is -4.94. The van der Waals surface area contributed by atoms with Crippen molar-refractivity contribution in [2.45, 2.75) is 18.0 Å². The summed E-state index contributed by atoms with van der Waals surface area (Å²) >= 11 is 3.90. The monoisotopic (exact) mass is 563 g/mol. The zero-order chi connectivity index (χ0) is 17.1. The lowest BCUT2D eigenvalue weighted by Crippen LogP contribution is -2.48. The molecule has 0 aromatic heterocycles. The fraction of sp³-hybridized carbons (Fsp3) is 0.364. The average Bonchev–Trinajstić information content (AvgIpc) is 2.39. The van der Waals surface area contributed by atoms with E-state index in [1.807, 2.05) is 45.2 Å². The average molecular weight is 563 g/mol. The van der Waals surface area contributed by atoms with E-state index in [0.29, 0.717) is 12.7 Å². The summed E-state index contributed by atoms with van der Waals surface area (Å²) in [6.07, 6.45) is -0.251. The number of esters is 1. The van der Waals surface area contributed by atoms with Crippen LogP contribution in [0.5, 0.6) is 0 Å². The first-order valence-electron chi connectivity index (χ1n) is 5.59. The van der Waals surface area contributed by atoms with Crippen molar-refractivity contribution in [1.29, 1.82) is 0 Å². The molecule has 22 heavy (non-hydrogen) atoms. The predicted molar refractivity (Wildman–Crippen MR) is 89.5 cm³/mol. The second kappa shape index (κ2) is 7.61. The topological polar surface area (TPSA) is 72.5 Å². The fourth-order valence-electron chi connectivity index (χ4n) is 1.50. The Bertz CT molecular complexity index is 644. The lowest BCUT2D eigenvalue weighted by molar-refractivity contribution is -0.142. The molecule has 0 aliphatic heterocycles. The predicted octanol–water partition coefficient (Wildman–Crippen LogP) is 2.42. The van der Waals surface area contributed by atoms with Gasteiger partial charge in [0, 0.05) is 13.6 Å². The van der Waals surface area contributed by atoms with Gasteiger partial charge in [0.05, 0.1) is 7.11 Å². The van der Waals surface area contributed by atoms with Crippen LogP contribution in [0.2, 0.25) is 0 Å². The van der Waals surface area contributed by atoms with Crippen LogP contribution >= 0.6 is 45.2 Å². The van der Waals surface area contributed by atoms with E-state index in [-0.39, 0.29) is 6.42 Å². The molecule has 0 heterocycles. The molecule has 0 spiro atoms. The molecule has 1 rings (SSSR count). The van der Waals surface area contributed by atoms with E-state index in [1.54, 1.807) is 18.2 Å². The van der Waals surface area contributed by atoms with Crippen molar-refractivity contribution in [3.05, 3.63) is 30.9 Å². The zero-order valence-corrected chi connectivity index (χ0v) is 16.1. The highest BCUT2D eigenvalue weighted by Crippen LogP contribution is 2.24. The quantitative estimate of drug-likeness (QED) is 0.442. The van der Waals surface area contributed by atoms with Crippen LogP contribution in [0.25, 0.3) is 0 Å². The SMILES string of the molecule is COC(=O)[C@H](Cc1c(I)cccc1I)NS(=O)(=O)C(F)(F)F. The van der Waals surface area contributed by atoms with E-state index in [2.05, 4.69) is 4.74 Å². The van der Waals surface area contributed by atoms with Gasteiger partial charge in [-0.05, 0) is 62.9 Å². The van der Waals surface area contributed by atoms with Gasteiger partial charge in [0.15, 0.2) is 0 Å². The van der Waals surface area contributed by atoms with Crippen LogP contribution in [0, 0.1) is 7.14 Å². The number of ether oxygens (including phenoxy) is 1. The zero-order valence-electron chi connectivity index (χ0n) is 10.9. The number of sulfonamides is 1. The first-order chi connectivity index (χ1) is 9.99. The Morgan fingerprint density at radius 3 is 2.23 bits per heavy atom. The van der Waals surface area contributed by atoms with Gasteiger partial charge in [-0.25, -0.2) is 8.42 Å². The third-order valence-corrected chi connectivity index (χ3v) is 5.78. The van der Waals surface area contributed by atoms with Crippen molar-refractivity contribution in [2.75, 3.05) is 7.11 Å². The van der Waals surface area contributed by atoms with Crippen molar-refractivity contribution in [1.82, 2.24) is 4.72 Å². The van der Waals surface area contributed by atoms with Crippen LogP contribution in [-0.2, 0) is 26.0 Å². The fourth-order valence-corrected chi connectivity index (χ4v) is 4.14. The Morgan fingerprint density at radius 2 is 1.82 bits per heavy atom. The Balaban J connectivity index is 3.14. The summed E-state index contributed by atoms with van der Waals surface area (Å²) in [5.74, 6) is -1.09. The molecule has 1 aromatic rings. The number of alkyl halides is 3. The summed E-state index contributed by atoms with van der Waals surface area (Å²) in [7, 11) is -4.68. The summed E-state index contributed by atoms with van der Waals surface area (Å²) in [6.45, 7) is 0. The molecule has 0 saturated heterocycles. The Labute approximate surface area is 152 Å². The normalized spacial score (nSPS) is 13.7. The van der Waals surface area contributed by atoms with Gasteiger partial charge >= 0.3 is 21.5 Å². The van der Waals surface area contributed by atoms with Crippen LogP contribution in [0.3, 0.4) is 0 Å². The minimum Gasteiger partial charge on any atom is -0.468 e. The number of hydrogen-bond donors (Lipinski definition) is 1. The van der Waals surface area contributed by atoms with Crippen molar-refractivity contribution in [2.24, 2.45) is 0 Å². The van der Waals surface area contributed by atoms with Crippen LogP contribution < -0.4 is 4.72 Å². The lowest BCUT2D eigenvalue weighted by Gasteiger charge is -2.19. The molecule has 0 saturated carbocycles. The third kappa shape index (κ3) is 4.92. The molecule has 0 amide bonds. The minimum atomic E-state index is -5.65. The maximum absolute atomic E-state index is 12.5. The van der Waals surface area contributed by atoms with Gasteiger partial charge in [0.2, 0.25) is 0 Å². The molecule has 0 bridgehead atoms. The molecular weight excluding hydrogens is 553 g/mol. The van der Waals surface area contributed by atoms with Gasteiger partial charge in [-0.3, -0.25) is 4.79 Å². The molecule has 0 aliphatic rings. The van der Waals surface area contributed by atoms with Crippen molar-refractivity contribution >= 4 is 61.2 Å². The van der Waals surface area contributed by atoms with E-state index < -0.39 is 27.5 Å². The molecule has 0 fully saturated rings. The number of benzene rings is 1. The van der Waals surface area contributed by atoms with Crippen molar-refractivity contribution in [3.8, 4) is 0 Å². The highest BCUT2D eigenvalue weighted by Gasteiger charge is 2.48. The van der Waals surface area contributed by atoms with Gasteiger partial charge in [-0.1, -0.05) is 6.07 Å². The minimum absolute atomic E-state index is 0.251. The smallest absolute Gasteiger partial charge is 0.468 e. The van der Waals surface area contributed by atoms with Crippen LogP contribution in [-0.4, -0.2) is 33.0 Å². The third-order valence-electron chi connectivity index (χ3n) is 2.56. The molecular formula is C11H10F3I2NO4S. The van der Waals surface area contributed by atoms with Gasteiger partial charge < -0.3 is 4.74 Å². The van der Waals surface area contributed by atoms with E-state index in [1.165, 1.54) is 4.72 Å². The maximum Gasteiger partial charge on any atom is 0.511 e. The van der Waals surface area contributed by atoms with Gasteiger partial charge in [0.25, 0.3) is 0 Å². The molecule has 0 unspecified atom stereocenters. The molecule has 1 N–H and O–H groups in total. The summed E-state index contributed by atoms with van der Waals surface area (Å²) < 4.78 is 66.9. The van der Waals surface area contributed by atoms with E-state index in [4.69, 9.17) is 0 Å². The summed E-state index contributed by atoms with van der Waals surface area (Å²) in [4.78, 5) is 11.6. The highest BCUT2D eigenvalue weighted by molar-refractivity contribution is 14.1. The number of hydrogen-bond acceptors (Lipinski definition) is 4. The second-order valence-electron chi connectivity index (χ2n) is 4.05. The molecule has 1 atom stereocenters. The van der Waals surface area contributed by atoms with Gasteiger partial charge in [0.1, 0.15) is 6.04 Å². The molecule has 1 aromatic carbocycles. The van der Waals surface area contributed by atoms with E-state index in [0.717, 1.165) is 7.11 Å². The molecule has 0 radical (unpaired) electrons. The Hall–Kier alpha value is -0.150. The Morgan fingerprint density at radius 1 is 1.32 bits per heavy atom. The van der Waals surface area contributed by atoms with Crippen LogP contribution in [0.4, 0.5) is 13.2 Å². The second-order valence-corrected chi connectivity index (χ2v) is 8.08. The molecule has 11 heteroatoms. The maximum atomic E-state index is 12.5. The molecule has 124 valence electrons. The van der Waals surface area contributed by atoms with E-state index >= 15 is 0 Å². The number of rotatable bonds is 5. The van der Waals surface area contributed by atoms with Crippen LogP contribution in [0.15, 0.2) is 18.2 Å². The number of halogens is 5. The first-order valence-corrected chi connectivity index (χ1v) is 9.23. The number of carbonyl (C=O) groups excluding carboxylic acids is 1. The van der Waals surface area contributed by atoms with Crippen molar-refractivity contribution < 1.29 is 31.1 Å². The highest BCUT2D eigenvalue weighted by atomic mass is 127. The largest absolute Gasteiger partial charge is 0.511 e. The molecule has 0 aliphatic carbocycles. The number of methoxy groups -OCH3 is 1. The Kier molecular flexibility index (Phi) is 6.88. The van der Waals surface area contributed by atoms with Gasteiger partial charge in [-0.15, -0.1) is 0 Å². The standard InChI is InChI=1S/C11H10F3I2NO4S/c1-21-10(18)9(17-22(19,20)11(12,13)14)5-6-7(15)3-2-4-8(6)16/h2-4,9,17H,5H2,1H3/t9-/m0/s1. The first kappa shape index (κ1) is 19.9. The van der Waals surface area contributed by atoms with Crippen LogP contribution in [0.1, 0.15) is 5.56 Å². The van der Waals surface area contributed by atoms with Crippen molar-refractivity contribution in [3.63, 3.8) is 0 Å².